The summed E-state index contributed by atoms with van der Waals surface area (Å²) in [4.78, 5) is 48.7. The van der Waals surface area contributed by atoms with Gasteiger partial charge in [0.15, 0.2) is 0 Å². The molecule has 1 fully saturated rings. The third-order valence-corrected chi connectivity index (χ3v) is 4.67. The van der Waals surface area contributed by atoms with Gasteiger partial charge in [0.25, 0.3) is 11.8 Å². The van der Waals surface area contributed by atoms with E-state index in [2.05, 4.69) is 4.98 Å². The normalized spacial score (nSPS) is 19.7. The second kappa shape index (κ2) is 6.68. The molecule has 1 atom stereocenters. The molecular weight excluding hydrogens is 334 g/mol. The smallest absolute Gasteiger partial charge is 0.328 e. The van der Waals surface area contributed by atoms with E-state index in [1.807, 2.05) is 23.1 Å². The molecule has 0 spiro atoms. The van der Waals surface area contributed by atoms with Crippen molar-refractivity contribution in [3.8, 4) is 0 Å². The van der Waals surface area contributed by atoms with Crippen molar-refractivity contribution in [1.29, 1.82) is 0 Å². The van der Waals surface area contributed by atoms with Gasteiger partial charge in [-0.25, -0.2) is 4.79 Å². The van der Waals surface area contributed by atoms with E-state index < -0.39 is 23.8 Å². The molecule has 3 heterocycles. The van der Waals surface area contributed by atoms with Crippen LogP contribution in [0.15, 0.2) is 48.7 Å². The van der Waals surface area contributed by atoms with Crippen LogP contribution in [0.2, 0.25) is 0 Å². The van der Waals surface area contributed by atoms with Gasteiger partial charge in [0, 0.05) is 12.7 Å². The summed E-state index contributed by atoms with van der Waals surface area (Å²) < 4.78 is 0. The lowest BCUT2D eigenvalue weighted by Crippen LogP contribution is -2.42. The zero-order chi connectivity index (χ0) is 18.1. The molecule has 0 aliphatic carbocycles. The maximum atomic E-state index is 12.6. The highest BCUT2D eigenvalue weighted by atomic mass is 16.7. The number of carbonyl (C=O) groups is 3. The molecule has 7 nitrogen and oxygen atoms in total. The van der Waals surface area contributed by atoms with E-state index in [9.17, 15) is 14.4 Å². The Morgan fingerprint density at radius 2 is 1.77 bits per heavy atom. The maximum Gasteiger partial charge on any atom is 0.350 e. The van der Waals surface area contributed by atoms with Crippen LogP contribution in [0.25, 0.3) is 0 Å². The average Bonchev–Trinajstić information content (AvgIpc) is 3.22. The summed E-state index contributed by atoms with van der Waals surface area (Å²) in [6.07, 6.45) is 3.17. The molecule has 2 aromatic rings. The Morgan fingerprint density at radius 1 is 1.08 bits per heavy atom. The van der Waals surface area contributed by atoms with Crippen LogP contribution in [0.1, 0.15) is 39.3 Å². The second-order valence-corrected chi connectivity index (χ2v) is 6.31. The van der Waals surface area contributed by atoms with E-state index in [1.165, 1.54) is 0 Å². The number of likely N-dealkylation sites (tertiary alicyclic amines) is 1. The molecule has 0 bridgehead atoms. The first kappa shape index (κ1) is 16.4. The predicted molar refractivity (Wildman–Crippen MR) is 90.7 cm³/mol. The number of pyridine rings is 1. The molecule has 132 valence electrons. The number of hydrogen-bond donors (Lipinski definition) is 0. The van der Waals surface area contributed by atoms with Gasteiger partial charge in [0.1, 0.15) is 6.04 Å². The highest BCUT2D eigenvalue weighted by molar-refractivity contribution is 6.20. The number of amides is 2. The van der Waals surface area contributed by atoms with E-state index in [0.29, 0.717) is 18.0 Å². The Balaban J connectivity index is 1.46. The number of hydroxylamine groups is 2. The van der Waals surface area contributed by atoms with Gasteiger partial charge in [0.2, 0.25) is 0 Å². The molecule has 4 rings (SSSR count). The molecule has 1 unspecified atom stereocenters. The number of rotatable bonds is 4. The molecule has 2 aliphatic rings. The number of carbonyl (C=O) groups excluding carboxylic acids is 3. The van der Waals surface area contributed by atoms with E-state index >= 15 is 0 Å². The fraction of sp³-hybridized carbons (Fsp3) is 0.263. The number of fused-ring (bicyclic) bond motifs is 1. The van der Waals surface area contributed by atoms with Crippen LogP contribution < -0.4 is 0 Å². The largest absolute Gasteiger partial charge is 0.350 e. The average molecular weight is 351 g/mol. The number of imide groups is 1. The summed E-state index contributed by atoms with van der Waals surface area (Å²) in [5, 5.41) is 0.574. The molecule has 1 saturated heterocycles. The Bertz CT molecular complexity index is 833. The van der Waals surface area contributed by atoms with Crippen LogP contribution in [0.5, 0.6) is 0 Å². The molecule has 7 heteroatoms. The monoisotopic (exact) mass is 351 g/mol. The minimum absolute atomic E-state index is 0.252. The lowest BCUT2D eigenvalue weighted by molar-refractivity contribution is -0.174. The standard InChI is InChI=1S/C19H17N3O4/c23-17-14-7-1-2-8-15(14)18(24)22(17)26-19(25)16-9-5-11-21(16)12-13-6-3-4-10-20-13/h1-4,6-8,10,16H,5,9,11-12H2. The zero-order valence-electron chi connectivity index (χ0n) is 14.0. The highest BCUT2D eigenvalue weighted by Crippen LogP contribution is 2.25. The molecule has 0 radical (unpaired) electrons. The first-order valence-corrected chi connectivity index (χ1v) is 8.49. The quantitative estimate of drug-likeness (QED) is 0.782. The van der Waals surface area contributed by atoms with Gasteiger partial charge in [-0.2, -0.15) is 0 Å². The second-order valence-electron chi connectivity index (χ2n) is 6.31. The molecule has 2 aliphatic heterocycles. The van der Waals surface area contributed by atoms with Crippen LogP contribution in [-0.2, 0) is 16.2 Å². The van der Waals surface area contributed by atoms with E-state index in [-0.39, 0.29) is 11.1 Å². The van der Waals surface area contributed by atoms with Crippen LogP contribution in [0.3, 0.4) is 0 Å². The Hall–Kier alpha value is -3.06. The lowest BCUT2D eigenvalue weighted by Gasteiger charge is -2.23. The Kier molecular flexibility index (Phi) is 4.22. The number of benzene rings is 1. The van der Waals surface area contributed by atoms with Crippen LogP contribution in [-0.4, -0.2) is 45.3 Å². The molecule has 0 saturated carbocycles. The summed E-state index contributed by atoms with van der Waals surface area (Å²) in [6, 6.07) is 11.6. The minimum Gasteiger partial charge on any atom is -0.328 e. The maximum absolute atomic E-state index is 12.6. The van der Waals surface area contributed by atoms with E-state index in [4.69, 9.17) is 4.84 Å². The zero-order valence-corrected chi connectivity index (χ0v) is 14.0. The molecule has 1 aromatic carbocycles. The number of hydrogen-bond acceptors (Lipinski definition) is 6. The molecule has 1 aromatic heterocycles. The lowest BCUT2D eigenvalue weighted by atomic mass is 10.1. The van der Waals surface area contributed by atoms with Gasteiger partial charge < -0.3 is 4.84 Å². The van der Waals surface area contributed by atoms with Crippen LogP contribution in [0, 0.1) is 0 Å². The summed E-state index contributed by atoms with van der Waals surface area (Å²) >= 11 is 0. The third-order valence-electron chi connectivity index (χ3n) is 4.67. The van der Waals surface area contributed by atoms with Crippen molar-refractivity contribution in [2.75, 3.05) is 6.54 Å². The highest BCUT2D eigenvalue weighted by Gasteiger charge is 2.41. The molecule has 2 amide bonds. The van der Waals surface area contributed by atoms with Crippen molar-refractivity contribution in [3.63, 3.8) is 0 Å². The van der Waals surface area contributed by atoms with Gasteiger partial charge in [-0.1, -0.05) is 23.3 Å². The predicted octanol–water partition coefficient (Wildman–Crippen LogP) is 1.80. The van der Waals surface area contributed by atoms with Crippen LogP contribution >= 0.6 is 0 Å². The van der Waals surface area contributed by atoms with Gasteiger partial charge in [-0.15, -0.1) is 0 Å². The van der Waals surface area contributed by atoms with Gasteiger partial charge in [-0.05, 0) is 43.7 Å². The first-order valence-electron chi connectivity index (χ1n) is 8.49. The van der Waals surface area contributed by atoms with Crippen molar-refractivity contribution in [3.05, 3.63) is 65.5 Å². The topological polar surface area (TPSA) is 79.8 Å². The fourth-order valence-electron chi connectivity index (χ4n) is 3.38. The van der Waals surface area contributed by atoms with Crippen LogP contribution in [0.4, 0.5) is 0 Å². The summed E-state index contributed by atoms with van der Waals surface area (Å²) in [5.41, 5.74) is 1.36. The van der Waals surface area contributed by atoms with Crippen molar-refractivity contribution < 1.29 is 19.2 Å². The van der Waals surface area contributed by atoms with Gasteiger partial charge >= 0.3 is 5.97 Å². The third kappa shape index (κ3) is 2.86. The molecule has 0 N–H and O–H groups in total. The van der Waals surface area contributed by atoms with Crippen molar-refractivity contribution in [2.45, 2.75) is 25.4 Å². The van der Waals surface area contributed by atoms with Gasteiger partial charge in [-0.3, -0.25) is 19.5 Å². The summed E-state index contributed by atoms with van der Waals surface area (Å²) in [6.45, 7) is 1.25. The van der Waals surface area contributed by atoms with Crippen molar-refractivity contribution in [1.82, 2.24) is 14.9 Å². The number of nitrogens with zero attached hydrogens (tertiary/aromatic N) is 3. The van der Waals surface area contributed by atoms with E-state index in [1.54, 1.807) is 30.5 Å². The Labute approximate surface area is 150 Å². The fourth-order valence-corrected chi connectivity index (χ4v) is 3.38. The van der Waals surface area contributed by atoms with E-state index in [0.717, 1.165) is 18.7 Å². The molecular formula is C19H17N3O4. The molecule has 26 heavy (non-hydrogen) atoms. The number of aromatic nitrogens is 1. The van der Waals surface area contributed by atoms with Gasteiger partial charge in [0.05, 0.1) is 16.8 Å². The minimum atomic E-state index is -0.603. The van der Waals surface area contributed by atoms with Crippen molar-refractivity contribution >= 4 is 17.8 Å². The summed E-state index contributed by atoms with van der Waals surface area (Å²) in [7, 11) is 0. The Morgan fingerprint density at radius 3 is 2.42 bits per heavy atom. The summed E-state index contributed by atoms with van der Waals surface area (Å²) in [5.74, 6) is -1.80. The SMILES string of the molecule is O=C(ON1C(=O)c2ccccc2C1=O)C1CCCN1Cc1ccccn1. The van der Waals surface area contributed by atoms with Crippen molar-refractivity contribution in [2.24, 2.45) is 0 Å². The first-order chi connectivity index (χ1) is 12.6.